The highest BCUT2D eigenvalue weighted by molar-refractivity contribution is 8.02. The molecule has 0 fully saturated rings. The third-order valence-corrected chi connectivity index (χ3v) is 2.52. The normalized spacial score (nSPS) is 12.4. The molecule has 7 heteroatoms. The maximum Gasteiger partial charge on any atom is 0.416 e. The number of anilines is 1. The molecule has 0 bridgehead atoms. The molecule has 1 N–H and O–H groups in total. The maximum absolute atomic E-state index is 12.3. The first kappa shape index (κ1) is 13.6. The lowest BCUT2D eigenvalue weighted by molar-refractivity contribution is -0.137. The van der Waals surface area contributed by atoms with Crippen LogP contribution in [0.15, 0.2) is 40.7 Å². The minimum atomic E-state index is -4.35. The molecule has 3 nitrogen and oxygen atoms in total. The van der Waals surface area contributed by atoms with Gasteiger partial charge in [-0.1, -0.05) is 0 Å². The summed E-state index contributed by atoms with van der Waals surface area (Å²) < 4.78 is 36.8. The van der Waals surface area contributed by atoms with Crippen molar-refractivity contribution >= 4 is 17.4 Å². The fraction of sp³-hybridized carbons (Fsp3) is 0.200. The zero-order chi connectivity index (χ0) is 12.9. The van der Waals surface area contributed by atoms with Crippen LogP contribution in [0.2, 0.25) is 0 Å². The van der Waals surface area contributed by atoms with Gasteiger partial charge in [0, 0.05) is 5.69 Å². The molecule has 0 heterocycles. The van der Waals surface area contributed by atoms with Gasteiger partial charge >= 0.3 is 6.18 Å². The molecule has 0 aromatic heterocycles. The van der Waals surface area contributed by atoms with Crippen LogP contribution >= 0.6 is 11.8 Å². The van der Waals surface area contributed by atoms with Crippen molar-refractivity contribution in [2.24, 2.45) is 5.18 Å². The van der Waals surface area contributed by atoms with Gasteiger partial charge in [0.2, 0.25) is 0 Å². The second-order valence-corrected chi connectivity index (χ2v) is 3.85. The Morgan fingerprint density at radius 3 is 2.35 bits per heavy atom. The van der Waals surface area contributed by atoms with E-state index < -0.39 is 11.7 Å². The molecule has 1 aromatic carbocycles. The molecular weight excluding hydrogens is 253 g/mol. The van der Waals surface area contributed by atoms with Gasteiger partial charge in [-0.25, -0.2) is 0 Å². The van der Waals surface area contributed by atoms with Crippen molar-refractivity contribution in [3.8, 4) is 0 Å². The minimum Gasteiger partial charge on any atom is -0.349 e. The summed E-state index contributed by atoms with van der Waals surface area (Å²) in [7, 11) is 0. The molecule has 1 aromatic rings. The van der Waals surface area contributed by atoms with Crippen LogP contribution in [0.3, 0.4) is 0 Å². The van der Waals surface area contributed by atoms with Crippen LogP contribution in [0.4, 0.5) is 18.9 Å². The fourth-order valence-electron chi connectivity index (χ4n) is 1.07. The molecule has 17 heavy (non-hydrogen) atoms. The summed E-state index contributed by atoms with van der Waals surface area (Å²) in [4.78, 5) is 10.0. The van der Waals surface area contributed by atoms with Gasteiger partial charge < -0.3 is 5.32 Å². The number of alkyl halides is 3. The van der Waals surface area contributed by atoms with E-state index in [0.29, 0.717) is 10.7 Å². The second-order valence-electron chi connectivity index (χ2n) is 3.00. The summed E-state index contributed by atoms with van der Waals surface area (Å²) in [5.41, 5.74) is -0.256. The van der Waals surface area contributed by atoms with Crippen LogP contribution in [0.25, 0.3) is 0 Å². The van der Waals surface area contributed by atoms with Crippen molar-refractivity contribution in [2.45, 2.75) is 6.18 Å². The molecule has 0 unspecified atom stereocenters. The Hall–Kier alpha value is -1.50. The van der Waals surface area contributed by atoms with Gasteiger partial charge in [0.05, 0.1) is 10.6 Å². The van der Waals surface area contributed by atoms with Crippen molar-refractivity contribution in [3.05, 3.63) is 46.0 Å². The van der Waals surface area contributed by atoms with Crippen molar-refractivity contribution < 1.29 is 13.2 Å². The lowest BCUT2D eigenvalue weighted by Gasteiger charge is -2.09. The van der Waals surface area contributed by atoms with Crippen LogP contribution in [0.5, 0.6) is 0 Å². The number of thioether (sulfide) groups is 1. The highest BCUT2D eigenvalue weighted by Crippen LogP contribution is 2.30. The summed E-state index contributed by atoms with van der Waals surface area (Å²) in [5, 5.41) is 5.81. The van der Waals surface area contributed by atoms with E-state index in [1.807, 2.05) is 0 Å². The van der Waals surface area contributed by atoms with Gasteiger partial charge in [-0.2, -0.15) is 13.2 Å². The summed E-state index contributed by atoms with van der Waals surface area (Å²) in [6.07, 6.45) is -1.57. The molecule has 0 aliphatic heterocycles. The van der Waals surface area contributed by atoms with Gasteiger partial charge in [-0.05, 0) is 35.7 Å². The zero-order valence-electron chi connectivity index (χ0n) is 8.78. The van der Waals surface area contributed by atoms with E-state index in [2.05, 4.69) is 10.5 Å². The van der Waals surface area contributed by atoms with Crippen LogP contribution in [0.1, 0.15) is 5.56 Å². The predicted octanol–water partition coefficient (Wildman–Crippen LogP) is 4.05. The quantitative estimate of drug-likeness (QED) is 0.832. The molecule has 0 spiro atoms. The van der Waals surface area contributed by atoms with E-state index in [1.165, 1.54) is 23.9 Å². The average Bonchev–Trinajstić information content (AvgIpc) is 2.28. The van der Waals surface area contributed by atoms with E-state index >= 15 is 0 Å². The number of nitrogens with zero attached hydrogens (tertiary/aromatic N) is 1. The Labute approximate surface area is 100 Å². The lowest BCUT2D eigenvalue weighted by Crippen LogP contribution is -2.04. The summed E-state index contributed by atoms with van der Waals surface area (Å²) in [5.74, 6) is 0. The van der Waals surface area contributed by atoms with Gasteiger partial charge in [-0.15, -0.1) is 16.7 Å². The Kier molecular flexibility index (Phi) is 4.56. The zero-order valence-corrected chi connectivity index (χ0v) is 9.60. The SMILES string of the molecule is CSC(=CN=O)Nc1ccc(C(F)(F)F)cc1. The molecule has 1 rings (SSSR count). The van der Waals surface area contributed by atoms with Crippen LogP contribution in [0, 0.1) is 4.91 Å². The van der Waals surface area contributed by atoms with Crippen molar-refractivity contribution in [1.29, 1.82) is 0 Å². The first-order valence-electron chi connectivity index (χ1n) is 4.48. The Bertz CT molecular complexity index is 415. The molecule has 0 amide bonds. The van der Waals surface area contributed by atoms with Crippen molar-refractivity contribution in [1.82, 2.24) is 0 Å². The molecule has 0 atom stereocenters. The van der Waals surface area contributed by atoms with E-state index in [4.69, 9.17) is 0 Å². The van der Waals surface area contributed by atoms with Gasteiger partial charge in [0.1, 0.15) is 6.20 Å². The van der Waals surface area contributed by atoms with E-state index in [0.717, 1.165) is 18.3 Å². The second kappa shape index (κ2) is 5.72. The number of nitrogens with one attached hydrogen (secondary N) is 1. The van der Waals surface area contributed by atoms with Crippen LogP contribution in [-0.2, 0) is 6.18 Å². The number of hydrogen-bond acceptors (Lipinski definition) is 4. The molecule has 0 saturated carbocycles. The number of benzene rings is 1. The number of halogens is 3. The summed E-state index contributed by atoms with van der Waals surface area (Å²) in [6.45, 7) is 0. The molecule has 0 aliphatic rings. The molecule has 0 saturated heterocycles. The van der Waals surface area contributed by atoms with Gasteiger partial charge in [0.25, 0.3) is 0 Å². The standard InChI is InChI=1S/C10H9F3N2OS/c1-17-9(6-14-16)15-8-4-2-7(3-5-8)10(11,12)13/h2-6,15H,1H3. The minimum absolute atomic E-state index is 0.458. The fourth-order valence-corrected chi connectivity index (χ4v) is 1.44. The highest BCUT2D eigenvalue weighted by atomic mass is 32.2. The van der Waals surface area contributed by atoms with Crippen molar-refractivity contribution in [2.75, 3.05) is 11.6 Å². The van der Waals surface area contributed by atoms with E-state index in [-0.39, 0.29) is 0 Å². The maximum atomic E-state index is 12.3. The smallest absolute Gasteiger partial charge is 0.349 e. The molecule has 0 aliphatic carbocycles. The average molecular weight is 262 g/mol. The Balaban J connectivity index is 2.82. The number of nitroso groups, excluding NO2 is 1. The largest absolute Gasteiger partial charge is 0.416 e. The molecule has 92 valence electrons. The lowest BCUT2D eigenvalue weighted by atomic mass is 10.2. The van der Waals surface area contributed by atoms with Gasteiger partial charge in [0.15, 0.2) is 0 Å². The first-order chi connectivity index (χ1) is 7.97. The van der Waals surface area contributed by atoms with E-state index in [1.54, 1.807) is 6.26 Å². The molecular formula is C10H9F3N2OS. The summed E-state index contributed by atoms with van der Waals surface area (Å²) in [6, 6.07) is 4.51. The molecule has 0 radical (unpaired) electrons. The topological polar surface area (TPSA) is 41.5 Å². The predicted molar refractivity (Wildman–Crippen MR) is 62.5 cm³/mol. The third-order valence-electron chi connectivity index (χ3n) is 1.87. The first-order valence-corrected chi connectivity index (χ1v) is 5.70. The number of rotatable bonds is 4. The summed E-state index contributed by atoms with van der Waals surface area (Å²) >= 11 is 1.23. The van der Waals surface area contributed by atoms with E-state index in [9.17, 15) is 18.1 Å². The van der Waals surface area contributed by atoms with Gasteiger partial charge in [-0.3, -0.25) is 0 Å². The van der Waals surface area contributed by atoms with Crippen LogP contribution in [-0.4, -0.2) is 6.26 Å². The van der Waals surface area contributed by atoms with Crippen LogP contribution < -0.4 is 5.32 Å². The third kappa shape index (κ3) is 4.10. The Morgan fingerprint density at radius 2 is 1.94 bits per heavy atom. The Morgan fingerprint density at radius 1 is 1.35 bits per heavy atom. The monoisotopic (exact) mass is 262 g/mol. The number of hydrogen-bond donors (Lipinski definition) is 1. The highest BCUT2D eigenvalue weighted by Gasteiger charge is 2.29. The van der Waals surface area contributed by atoms with Crippen molar-refractivity contribution in [3.63, 3.8) is 0 Å².